The Kier molecular flexibility index (Phi) is 2.05. The van der Waals surface area contributed by atoms with Crippen LogP contribution in [0.5, 0.6) is 0 Å². The minimum Gasteiger partial charge on any atom is -0.341 e. The molecule has 0 aliphatic carbocycles. The molecule has 1 saturated heterocycles. The van der Waals surface area contributed by atoms with E-state index in [1.54, 1.807) is 6.20 Å². The zero-order valence-electron chi connectivity index (χ0n) is 8.14. The van der Waals surface area contributed by atoms with E-state index >= 15 is 0 Å². The third-order valence-electron chi connectivity index (χ3n) is 2.75. The maximum Gasteiger partial charge on any atom is 0.248 e. The molecular formula is C10H11N3OS. The molecule has 0 spiro atoms. The van der Waals surface area contributed by atoms with Crippen molar-refractivity contribution in [3.05, 3.63) is 18.3 Å². The lowest BCUT2D eigenvalue weighted by Crippen LogP contribution is -2.53. The van der Waals surface area contributed by atoms with E-state index in [9.17, 15) is 4.79 Å². The van der Waals surface area contributed by atoms with Crippen LogP contribution in [0.25, 0.3) is 0 Å². The summed E-state index contributed by atoms with van der Waals surface area (Å²) < 4.78 is 0. The maximum atomic E-state index is 11.8. The largest absolute Gasteiger partial charge is 0.341 e. The Hall–Kier alpha value is -1.23. The van der Waals surface area contributed by atoms with Crippen LogP contribution in [0.1, 0.15) is 0 Å². The number of carbonyl (C=O) groups excluding carboxylic acids is 1. The molecule has 1 aromatic heterocycles. The molecular weight excluding hydrogens is 210 g/mol. The highest BCUT2D eigenvalue weighted by molar-refractivity contribution is 7.99. The Morgan fingerprint density at radius 3 is 3.47 bits per heavy atom. The van der Waals surface area contributed by atoms with Crippen LogP contribution in [-0.4, -0.2) is 35.0 Å². The van der Waals surface area contributed by atoms with Crippen molar-refractivity contribution in [3.8, 4) is 0 Å². The van der Waals surface area contributed by atoms with Gasteiger partial charge in [-0.3, -0.25) is 4.79 Å². The third kappa shape index (κ3) is 1.38. The van der Waals surface area contributed by atoms with Crippen LogP contribution >= 0.6 is 11.8 Å². The summed E-state index contributed by atoms with van der Waals surface area (Å²) in [5, 5.41) is 2.90. The van der Waals surface area contributed by atoms with Crippen molar-refractivity contribution in [1.29, 1.82) is 0 Å². The van der Waals surface area contributed by atoms with Crippen LogP contribution in [0, 0.1) is 0 Å². The van der Waals surface area contributed by atoms with Crippen LogP contribution in [0.2, 0.25) is 0 Å². The number of rotatable bonds is 0. The van der Waals surface area contributed by atoms with E-state index in [0.717, 1.165) is 29.6 Å². The minimum atomic E-state index is -0.0360. The highest BCUT2D eigenvalue weighted by atomic mass is 32.2. The maximum absolute atomic E-state index is 11.8. The second kappa shape index (κ2) is 3.41. The highest BCUT2D eigenvalue weighted by Crippen LogP contribution is 2.32. The SMILES string of the molecule is O=C1Nc2cccnc2N2CCSCC12. The van der Waals surface area contributed by atoms with E-state index in [0.29, 0.717) is 0 Å². The summed E-state index contributed by atoms with van der Waals surface area (Å²) in [6.07, 6.45) is 1.77. The van der Waals surface area contributed by atoms with Gasteiger partial charge >= 0.3 is 0 Å². The number of aromatic nitrogens is 1. The van der Waals surface area contributed by atoms with Gasteiger partial charge in [-0.05, 0) is 12.1 Å². The molecule has 4 nitrogen and oxygen atoms in total. The molecule has 78 valence electrons. The Bertz CT molecular complexity index is 409. The molecule has 0 radical (unpaired) electrons. The molecule has 1 atom stereocenters. The first-order valence-electron chi connectivity index (χ1n) is 4.96. The van der Waals surface area contributed by atoms with Crippen molar-refractivity contribution in [3.63, 3.8) is 0 Å². The van der Waals surface area contributed by atoms with E-state index in [1.165, 1.54) is 0 Å². The van der Waals surface area contributed by atoms with Gasteiger partial charge in [0.05, 0.1) is 5.69 Å². The van der Waals surface area contributed by atoms with Crippen LogP contribution in [-0.2, 0) is 4.79 Å². The monoisotopic (exact) mass is 221 g/mol. The highest BCUT2D eigenvalue weighted by Gasteiger charge is 2.35. The summed E-state index contributed by atoms with van der Waals surface area (Å²) in [7, 11) is 0. The fraction of sp³-hybridized carbons (Fsp3) is 0.400. The predicted molar refractivity (Wildman–Crippen MR) is 61.3 cm³/mol. The molecule has 0 bridgehead atoms. The average molecular weight is 221 g/mol. The lowest BCUT2D eigenvalue weighted by molar-refractivity contribution is -0.117. The zero-order chi connectivity index (χ0) is 10.3. The molecule has 1 fully saturated rings. The Balaban J connectivity index is 2.06. The van der Waals surface area contributed by atoms with Gasteiger partial charge in [0.1, 0.15) is 6.04 Å². The number of carbonyl (C=O) groups is 1. The molecule has 3 heterocycles. The normalized spacial score (nSPS) is 24.1. The minimum absolute atomic E-state index is 0.0360. The van der Waals surface area contributed by atoms with Gasteiger partial charge in [-0.2, -0.15) is 11.8 Å². The van der Waals surface area contributed by atoms with E-state index < -0.39 is 0 Å². The fourth-order valence-corrected chi connectivity index (χ4v) is 3.06. The summed E-state index contributed by atoms with van der Waals surface area (Å²) in [6.45, 7) is 0.909. The van der Waals surface area contributed by atoms with E-state index in [1.807, 2.05) is 23.9 Å². The van der Waals surface area contributed by atoms with Crippen LogP contribution < -0.4 is 10.2 Å². The van der Waals surface area contributed by atoms with E-state index in [-0.39, 0.29) is 11.9 Å². The molecule has 0 saturated carbocycles. The molecule has 2 aliphatic rings. The van der Waals surface area contributed by atoms with Crippen molar-refractivity contribution in [2.24, 2.45) is 0 Å². The lowest BCUT2D eigenvalue weighted by Gasteiger charge is -2.39. The van der Waals surface area contributed by atoms with Crippen LogP contribution in [0.4, 0.5) is 11.5 Å². The van der Waals surface area contributed by atoms with Crippen molar-refractivity contribution < 1.29 is 4.79 Å². The summed E-state index contributed by atoms with van der Waals surface area (Å²) in [6, 6.07) is 3.71. The predicted octanol–water partition coefficient (Wildman–Crippen LogP) is 0.955. The number of hydrogen-bond donors (Lipinski definition) is 1. The molecule has 0 aromatic carbocycles. The first kappa shape index (κ1) is 9.03. The Morgan fingerprint density at radius 2 is 2.53 bits per heavy atom. The number of amides is 1. The van der Waals surface area contributed by atoms with Gasteiger partial charge in [-0.15, -0.1) is 0 Å². The molecule has 1 N–H and O–H groups in total. The molecule has 1 amide bonds. The first-order chi connectivity index (χ1) is 7.36. The second-order valence-corrected chi connectivity index (χ2v) is 4.80. The third-order valence-corrected chi connectivity index (χ3v) is 3.77. The standard InChI is InChI=1S/C10H11N3OS/c14-10-8-6-15-5-4-13(8)9-7(12-10)2-1-3-11-9/h1-3,8H,4-6H2,(H,12,14). The van der Waals surface area contributed by atoms with Gasteiger partial charge in [0.15, 0.2) is 5.82 Å². The topological polar surface area (TPSA) is 45.2 Å². The number of anilines is 2. The van der Waals surface area contributed by atoms with Crippen molar-refractivity contribution in [1.82, 2.24) is 4.98 Å². The van der Waals surface area contributed by atoms with Crippen LogP contribution in [0.3, 0.4) is 0 Å². The zero-order valence-corrected chi connectivity index (χ0v) is 8.96. The van der Waals surface area contributed by atoms with Gasteiger partial charge in [-0.25, -0.2) is 4.98 Å². The molecule has 5 heteroatoms. The Morgan fingerprint density at radius 1 is 1.60 bits per heavy atom. The van der Waals surface area contributed by atoms with Crippen molar-refractivity contribution >= 4 is 29.2 Å². The van der Waals surface area contributed by atoms with Gasteiger partial charge in [0.2, 0.25) is 5.91 Å². The molecule has 1 unspecified atom stereocenters. The fourth-order valence-electron chi connectivity index (χ4n) is 2.01. The average Bonchev–Trinajstić information content (AvgIpc) is 2.30. The Labute approximate surface area is 92.1 Å². The summed E-state index contributed by atoms with van der Waals surface area (Å²) in [5.41, 5.74) is 0.839. The van der Waals surface area contributed by atoms with E-state index in [4.69, 9.17) is 0 Å². The van der Waals surface area contributed by atoms with Gasteiger partial charge in [0, 0.05) is 24.2 Å². The van der Waals surface area contributed by atoms with Crippen molar-refractivity contribution in [2.75, 3.05) is 28.3 Å². The van der Waals surface area contributed by atoms with Gasteiger partial charge in [0.25, 0.3) is 0 Å². The van der Waals surface area contributed by atoms with Gasteiger partial charge < -0.3 is 10.2 Å². The summed E-state index contributed by atoms with van der Waals surface area (Å²) >= 11 is 1.83. The number of pyridine rings is 1. The summed E-state index contributed by atoms with van der Waals surface area (Å²) in [4.78, 5) is 18.3. The lowest BCUT2D eigenvalue weighted by atomic mass is 10.1. The second-order valence-electron chi connectivity index (χ2n) is 3.65. The number of nitrogens with zero attached hydrogens (tertiary/aromatic N) is 2. The first-order valence-corrected chi connectivity index (χ1v) is 6.12. The molecule has 1 aromatic rings. The summed E-state index contributed by atoms with van der Waals surface area (Å²) in [5.74, 6) is 2.95. The smallest absolute Gasteiger partial charge is 0.248 e. The quantitative estimate of drug-likeness (QED) is 0.708. The van der Waals surface area contributed by atoms with Gasteiger partial charge in [-0.1, -0.05) is 0 Å². The number of nitrogens with one attached hydrogen (secondary N) is 1. The molecule has 15 heavy (non-hydrogen) atoms. The van der Waals surface area contributed by atoms with E-state index in [2.05, 4.69) is 15.2 Å². The number of thioether (sulfide) groups is 1. The number of hydrogen-bond acceptors (Lipinski definition) is 4. The molecule has 2 aliphatic heterocycles. The van der Waals surface area contributed by atoms with Crippen LogP contribution in [0.15, 0.2) is 18.3 Å². The number of fused-ring (bicyclic) bond motifs is 3. The van der Waals surface area contributed by atoms with Crippen molar-refractivity contribution in [2.45, 2.75) is 6.04 Å². The molecule has 3 rings (SSSR count).